The van der Waals surface area contributed by atoms with Crippen molar-refractivity contribution in [3.63, 3.8) is 0 Å². The van der Waals surface area contributed by atoms with E-state index < -0.39 is 0 Å². The smallest absolute Gasteiger partial charge is 0.225 e. The molecule has 25 heavy (non-hydrogen) atoms. The molecule has 5 heteroatoms. The molecule has 1 aromatic rings. The Morgan fingerprint density at radius 2 is 1.60 bits per heavy atom. The maximum atomic E-state index is 4.79. The van der Waals surface area contributed by atoms with Gasteiger partial charge in [0.2, 0.25) is 5.95 Å². The summed E-state index contributed by atoms with van der Waals surface area (Å²) in [5, 5.41) is 0. The Hall–Kier alpha value is -1.20. The minimum absolute atomic E-state index is 0.605. The van der Waals surface area contributed by atoms with Gasteiger partial charge in [-0.3, -0.25) is 0 Å². The number of nitrogens with zero attached hydrogens (tertiary/aromatic N) is 5. The highest BCUT2D eigenvalue weighted by Gasteiger charge is 2.40. The average Bonchev–Trinajstić information content (AvgIpc) is 2.87. The first-order valence-electron chi connectivity index (χ1n) is 10.1. The largest absolute Gasteiger partial charge is 0.332 e. The Morgan fingerprint density at radius 3 is 2.16 bits per heavy atom. The van der Waals surface area contributed by atoms with Crippen LogP contribution in [-0.4, -0.2) is 71.6 Å². The third kappa shape index (κ3) is 3.68. The van der Waals surface area contributed by atoms with E-state index in [-0.39, 0.29) is 0 Å². The van der Waals surface area contributed by atoms with Crippen molar-refractivity contribution in [2.45, 2.75) is 57.5 Å². The van der Waals surface area contributed by atoms with Crippen molar-refractivity contribution in [3.8, 4) is 0 Å². The lowest BCUT2D eigenvalue weighted by atomic mass is 9.91. The first-order valence-corrected chi connectivity index (χ1v) is 10.1. The molecule has 138 valence electrons. The average molecular weight is 344 g/mol. The van der Waals surface area contributed by atoms with Gasteiger partial charge >= 0.3 is 0 Å². The molecule has 1 aromatic heterocycles. The van der Waals surface area contributed by atoms with Gasteiger partial charge < -0.3 is 14.7 Å². The number of rotatable bonds is 4. The summed E-state index contributed by atoms with van der Waals surface area (Å²) in [4.78, 5) is 17.1. The van der Waals surface area contributed by atoms with Gasteiger partial charge in [-0.05, 0) is 63.2 Å². The van der Waals surface area contributed by atoms with E-state index in [2.05, 4.69) is 48.0 Å². The number of piperidine rings is 1. The highest BCUT2D eigenvalue weighted by Crippen LogP contribution is 2.33. The lowest BCUT2D eigenvalue weighted by molar-refractivity contribution is 0.192. The van der Waals surface area contributed by atoms with Crippen LogP contribution in [0, 0.1) is 5.92 Å². The number of piperazine rings is 1. The SMILES string of the molecule is CC(C)CN1CCC(c2cnc(N3C4CCC3CN(C)C4)nc2)CC1. The van der Waals surface area contributed by atoms with E-state index in [1.807, 2.05) is 0 Å². The van der Waals surface area contributed by atoms with E-state index >= 15 is 0 Å². The standard InChI is InChI=1S/C20H33N5/c1-15(2)12-24-8-6-16(7-9-24)17-10-21-20(22-11-17)25-18-4-5-19(25)14-23(3)13-18/h10-11,15-16,18-19H,4-9,12-14H2,1-3H3. The zero-order chi connectivity index (χ0) is 17.4. The molecular formula is C20H33N5. The molecule has 0 radical (unpaired) electrons. The summed E-state index contributed by atoms with van der Waals surface area (Å²) >= 11 is 0. The summed E-state index contributed by atoms with van der Waals surface area (Å²) in [6, 6.07) is 1.21. The van der Waals surface area contributed by atoms with E-state index in [0.29, 0.717) is 18.0 Å². The van der Waals surface area contributed by atoms with Gasteiger partial charge in [0, 0.05) is 44.1 Å². The molecule has 3 aliphatic heterocycles. The normalized spacial score (nSPS) is 28.9. The number of likely N-dealkylation sites (N-methyl/N-ethyl adjacent to an activating group) is 1. The highest BCUT2D eigenvalue weighted by atomic mass is 15.4. The Balaban J connectivity index is 1.38. The van der Waals surface area contributed by atoms with Crippen molar-refractivity contribution in [1.29, 1.82) is 0 Å². The van der Waals surface area contributed by atoms with Gasteiger partial charge in [0.25, 0.3) is 0 Å². The Labute approximate surface area is 152 Å². The Bertz CT molecular complexity index is 550. The van der Waals surface area contributed by atoms with Crippen molar-refractivity contribution < 1.29 is 0 Å². The van der Waals surface area contributed by atoms with E-state index in [0.717, 1.165) is 25.0 Å². The van der Waals surface area contributed by atoms with Crippen LogP contribution in [0.1, 0.15) is 51.0 Å². The summed E-state index contributed by atoms with van der Waals surface area (Å²) in [6.07, 6.45) is 9.29. The van der Waals surface area contributed by atoms with Crippen LogP contribution in [0.2, 0.25) is 0 Å². The summed E-state index contributed by atoms with van der Waals surface area (Å²) in [5.74, 6) is 2.36. The quantitative estimate of drug-likeness (QED) is 0.840. The molecule has 0 saturated carbocycles. The summed E-state index contributed by atoms with van der Waals surface area (Å²) in [7, 11) is 2.23. The molecule has 3 aliphatic rings. The molecule has 5 nitrogen and oxygen atoms in total. The number of hydrogen-bond acceptors (Lipinski definition) is 5. The van der Waals surface area contributed by atoms with Gasteiger partial charge in [-0.1, -0.05) is 13.8 Å². The molecular weight excluding hydrogens is 310 g/mol. The van der Waals surface area contributed by atoms with Gasteiger partial charge in [-0.15, -0.1) is 0 Å². The molecule has 0 aromatic carbocycles. The third-order valence-electron chi connectivity index (χ3n) is 6.24. The van der Waals surface area contributed by atoms with Crippen LogP contribution < -0.4 is 4.90 Å². The van der Waals surface area contributed by atoms with E-state index in [4.69, 9.17) is 9.97 Å². The van der Waals surface area contributed by atoms with Crippen molar-refractivity contribution in [1.82, 2.24) is 19.8 Å². The zero-order valence-corrected chi connectivity index (χ0v) is 16.1. The first-order chi connectivity index (χ1) is 12.1. The van der Waals surface area contributed by atoms with E-state index in [9.17, 15) is 0 Å². The maximum absolute atomic E-state index is 4.79. The minimum Gasteiger partial charge on any atom is -0.332 e. The maximum Gasteiger partial charge on any atom is 0.225 e. The van der Waals surface area contributed by atoms with Crippen molar-refractivity contribution in [2.75, 3.05) is 44.7 Å². The Morgan fingerprint density at radius 1 is 1.00 bits per heavy atom. The van der Waals surface area contributed by atoms with Crippen LogP contribution in [0.3, 0.4) is 0 Å². The van der Waals surface area contributed by atoms with Gasteiger partial charge in [-0.2, -0.15) is 0 Å². The summed E-state index contributed by atoms with van der Waals surface area (Å²) < 4.78 is 0. The van der Waals surface area contributed by atoms with Crippen LogP contribution in [0.25, 0.3) is 0 Å². The molecule has 3 fully saturated rings. The second-order valence-electron chi connectivity index (χ2n) is 8.80. The van der Waals surface area contributed by atoms with Gasteiger partial charge in [-0.25, -0.2) is 9.97 Å². The molecule has 0 N–H and O–H groups in total. The molecule has 2 atom stereocenters. The fourth-order valence-corrected chi connectivity index (χ4v) is 5.08. The number of likely N-dealkylation sites (tertiary alicyclic amines) is 2. The lowest BCUT2D eigenvalue weighted by Crippen LogP contribution is -2.53. The van der Waals surface area contributed by atoms with Gasteiger partial charge in [0.15, 0.2) is 0 Å². The van der Waals surface area contributed by atoms with Crippen LogP contribution in [0.15, 0.2) is 12.4 Å². The predicted octanol–water partition coefficient (Wildman–Crippen LogP) is 2.59. The highest BCUT2D eigenvalue weighted by molar-refractivity contribution is 5.38. The second kappa shape index (κ2) is 7.20. The molecule has 0 aliphatic carbocycles. The molecule has 0 amide bonds. The lowest BCUT2D eigenvalue weighted by Gasteiger charge is -2.39. The van der Waals surface area contributed by atoms with Gasteiger partial charge in [0.1, 0.15) is 0 Å². The number of hydrogen-bond donors (Lipinski definition) is 0. The van der Waals surface area contributed by atoms with Crippen LogP contribution in [0.5, 0.6) is 0 Å². The third-order valence-corrected chi connectivity index (χ3v) is 6.24. The molecule has 4 rings (SSSR count). The van der Waals surface area contributed by atoms with E-state index in [1.54, 1.807) is 0 Å². The van der Waals surface area contributed by atoms with Crippen LogP contribution in [-0.2, 0) is 0 Å². The number of anilines is 1. The zero-order valence-electron chi connectivity index (χ0n) is 16.1. The summed E-state index contributed by atoms with van der Waals surface area (Å²) in [6.45, 7) is 10.6. The van der Waals surface area contributed by atoms with E-state index in [1.165, 1.54) is 50.9 Å². The summed E-state index contributed by atoms with van der Waals surface area (Å²) in [5.41, 5.74) is 1.34. The predicted molar refractivity (Wildman–Crippen MR) is 102 cm³/mol. The van der Waals surface area contributed by atoms with Gasteiger partial charge in [0.05, 0.1) is 0 Å². The molecule has 4 heterocycles. The van der Waals surface area contributed by atoms with Crippen molar-refractivity contribution in [3.05, 3.63) is 18.0 Å². The monoisotopic (exact) mass is 343 g/mol. The van der Waals surface area contributed by atoms with Crippen LogP contribution >= 0.6 is 0 Å². The number of aromatic nitrogens is 2. The fourth-order valence-electron chi connectivity index (χ4n) is 5.08. The second-order valence-corrected chi connectivity index (χ2v) is 8.80. The first kappa shape index (κ1) is 17.2. The topological polar surface area (TPSA) is 35.5 Å². The molecule has 2 unspecified atom stereocenters. The minimum atomic E-state index is 0.605. The molecule has 2 bridgehead atoms. The van der Waals surface area contributed by atoms with Crippen molar-refractivity contribution >= 4 is 5.95 Å². The number of fused-ring (bicyclic) bond motifs is 2. The van der Waals surface area contributed by atoms with Crippen molar-refractivity contribution in [2.24, 2.45) is 5.92 Å². The fraction of sp³-hybridized carbons (Fsp3) is 0.800. The van der Waals surface area contributed by atoms with Crippen LogP contribution in [0.4, 0.5) is 5.95 Å². The Kier molecular flexibility index (Phi) is 4.96. The molecule has 3 saturated heterocycles. The molecule has 0 spiro atoms.